The third kappa shape index (κ3) is 6.26. The summed E-state index contributed by atoms with van der Waals surface area (Å²) in [6.07, 6.45) is 5.02. The molecule has 2 saturated carbocycles. The molecule has 0 spiro atoms. The first-order chi connectivity index (χ1) is 20.4. The smallest absolute Gasteiger partial charge is 0.247 e. The number of carbonyl (C=O) groups is 2. The van der Waals surface area contributed by atoms with Gasteiger partial charge in [0.2, 0.25) is 18.6 Å². The van der Waals surface area contributed by atoms with Crippen molar-refractivity contribution in [1.82, 2.24) is 10.2 Å². The number of hydrogen-bond donors (Lipinski definition) is 3. The summed E-state index contributed by atoms with van der Waals surface area (Å²) in [5.74, 6) is 3.14. The average Bonchev–Trinajstić information content (AvgIpc) is 3.74. The number of halogens is 1. The minimum Gasteiger partial charge on any atom is -0.482 e. The van der Waals surface area contributed by atoms with E-state index in [-0.39, 0.29) is 44.7 Å². The number of benzene rings is 2. The van der Waals surface area contributed by atoms with Crippen LogP contribution in [0.15, 0.2) is 54.1 Å². The quantitative estimate of drug-likeness (QED) is 0.326. The first-order valence-corrected chi connectivity index (χ1v) is 15.8. The van der Waals surface area contributed by atoms with Crippen LogP contribution in [0.5, 0.6) is 17.2 Å². The maximum atomic E-state index is 14.2. The molecule has 2 fully saturated rings. The van der Waals surface area contributed by atoms with E-state index in [1.807, 2.05) is 42.5 Å². The van der Waals surface area contributed by atoms with Crippen LogP contribution >= 0.6 is 22.6 Å². The highest BCUT2D eigenvalue weighted by Crippen LogP contribution is 2.50. The topological polar surface area (TPSA) is 118 Å². The van der Waals surface area contributed by atoms with Gasteiger partial charge in [0.05, 0.1) is 16.2 Å². The van der Waals surface area contributed by atoms with E-state index < -0.39 is 18.2 Å². The van der Waals surface area contributed by atoms with Crippen LogP contribution in [0.1, 0.15) is 44.1 Å². The molecule has 2 bridgehead atoms. The Kier molecular flexibility index (Phi) is 8.92. The SMILES string of the molecule is O=C(NCCO)C1=C[C@H](Oc2ccccc2I)[C@@H](O)[C@H](N(Cc2ccc3c(c2)OCO3)C(=O)CC2CC3CCC2C3)C1. The predicted molar refractivity (Wildman–Crippen MR) is 163 cm³/mol. The number of para-hydroxylation sites is 1. The predicted octanol–water partition coefficient (Wildman–Crippen LogP) is 3.79. The molecule has 0 saturated heterocycles. The van der Waals surface area contributed by atoms with Gasteiger partial charge in [-0.15, -0.1) is 0 Å². The van der Waals surface area contributed by atoms with Crippen molar-refractivity contribution in [2.45, 2.75) is 63.3 Å². The number of rotatable bonds is 10. The number of carbonyl (C=O) groups excluding carboxylic acids is 2. The fourth-order valence-electron chi connectivity index (χ4n) is 7.06. The summed E-state index contributed by atoms with van der Waals surface area (Å²) in [5.41, 5.74) is 1.27. The van der Waals surface area contributed by atoms with E-state index in [9.17, 15) is 19.8 Å². The Morgan fingerprint density at radius 2 is 1.93 bits per heavy atom. The first-order valence-electron chi connectivity index (χ1n) is 14.8. The molecule has 224 valence electrons. The minimum absolute atomic E-state index is 0.0284. The average molecular weight is 689 g/mol. The summed E-state index contributed by atoms with van der Waals surface area (Å²) in [4.78, 5) is 29.1. The number of aliphatic hydroxyl groups is 2. The Bertz CT molecular complexity index is 1350. The highest BCUT2D eigenvalue weighted by molar-refractivity contribution is 14.1. The van der Waals surface area contributed by atoms with E-state index in [1.165, 1.54) is 19.3 Å². The standard InChI is InChI=1S/C32H37IN2O7/c33-24-3-1-2-4-26(24)42-29-15-23(32(39)34-9-10-36)14-25(31(29)38)35(17-20-6-8-27-28(13-20)41-18-40-27)30(37)16-22-12-19-5-7-21(22)11-19/h1-4,6,8,13,15,19,21-22,25,29,31,36,38H,5,7,9-12,14,16-18H2,(H,34,39)/t19?,21?,22?,25-,29+,31+/m1/s1. The molecule has 3 N–H and O–H groups in total. The molecule has 6 rings (SSSR count). The second-order valence-electron chi connectivity index (χ2n) is 11.8. The van der Waals surface area contributed by atoms with Gasteiger partial charge in [0.1, 0.15) is 18.0 Å². The van der Waals surface area contributed by atoms with Crippen molar-refractivity contribution >= 4 is 34.4 Å². The van der Waals surface area contributed by atoms with Crippen LogP contribution in [-0.2, 0) is 16.1 Å². The van der Waals surface area contributed by atoms with Crippen molar-refractivity contribution in [3.05, 3.63) is 63.2 Å². The third-order valence-corrected chi connectivity index (χ3v) is 10.0. The molecular weight excluding hydrogens is 651 g/mol. The lowest BCUT2D eigenvalue weighted by Gasteiger charge is -2.41. The maximum Gasteiger partial charge on any atom is 0.247 e. The van der Waals surface area contributed by atoms with Gasteiger partial charge in [-0.25, -0.2) is 0 Å². The summed E-state index contributed by atoms with van der Waals surface area (Å²) in [6, 6.07) is 12.4. The lowest BCUT2D eigenvalue weighted by molar-refractivity contribution is -0.141. The highest BCUT2D eigenvalue weighted by atomic mass is 127. The van der Waals surface area contributed by atoms with Crippen molar-refractivity contribution in [2.24, 2.45) is 17.8 Å². The molecule has 10 heteroatoms. The molecule has 1 heterocycles. The number of fused-ring (bicyclic) bond motifs is 3. The van der Waals surface area contributed by atoms with Crippen LogP contribution in [-0.4, -0.2) is 65.1 Å². The van der Waals surface area contributed by atoms with E-state index in [1.54, 1.807) is 11.0 Å². The van der Waals surface area contributed by atoms with Gasteiger partial charge in [0.15, 0.2) is 11.5 Å². The summed E-state index contributed by atoms with van der Waals surface area (Å²) in [5, 5.41) is 23.8. The Labute approximate surface area is 259 Å². The van der Waals surface area contributed by atoms with Gasteiger partial charge in [-0.1, -0.05) is 24.6 Å². The molecule has 6 atom stereocenters. The number of amides is 2. The zero-order valence-electron chi connectivity index (χ0n) is 23.4. The number of aliphatic hydroxyl groups excluding tert-OH is 2. The highest BCUT2D eigenvalue weighted by Gasteiger charge is 2.44. The van der Waals surface area contributed by atoms with E-state index in [0.717, 1.165) is 15.6 Å². The normalized spacial score (nSPS) is 27.5. The molecule has 2 aromatic rings. The van der Waals surface area contributed by atoms with E-state index >= 15 is 0 Å². The van der Waals surface area contributed by atoms with Gasteiger partial charge in [-0.2, -0.15) is 0 Å². The molecule has 0 radical (unpaired) electrons. The van der Waals surface area contributed by atoms with Crippen LogP contribution < -0.4 is 19.5 Å². The van der Waals surface area contributed by atoms with Crippen LogP contribution in [0.25, 0.3) is 0 Å². The van der Waals surface area contributed by atoms with Crippen molar-refractivity contribution in [2.75, 3.05) is 19.9 Å². The second-order valence-corrected chi connectivity index (χ2v) is 13.0. The Hall–Kier alpha value is -2.83. The third-order valence-electron chi connectivity index (χ3n) is 9.15. The fraction of sp³-hybridized carbons (Fsp3) is 0.500. The molecule has 2 amide bonds. The summed E-state index contributed by atoms with van der Waals surface area (Å²) < 4.78 is 18.2. The molecule has 2 aromatic carbocycles. The lowest BCUT2D eigenvalue weighted by Crippen LogP contribution is -2.55. The molecule has 3 aliphatic carbocycles. The lowest BCUT2D eigenvalue weighted by atomic mass is 9.84. The Morgan fingerprint density at radius 3 is 2.69 bits per heavy atom. The van der Waals surface area contributed by atoms with Crippen molar-refractivity contribution in [1.29, 1.82) is 0 Å². The Balaban J connectivity index is 1.31. The number of nitrogens with zero attached hydrogens (tertiary/aromatic N) is 1. The van der Waals surface area contributed by atoms with Crippen LogP contribution in [0.4, 0.5) is 0 Å². The molecule has 3 unspecified atom stereocenters. The van der Waals surface area contributed by atoms with Crippen molar-refractivity contribution in [3.8, 4) is 17.2 Å². The van der Waals surface area contributed by atoms with Crippen LogP contribution in [0.2, 0.25) is 0 Å². The van der Waals surface area contributed by atoms with Gasteiger partial charge >= 0.3 is 0 Å². The minimum atomic E-state index is -1.08. The van der Waals surface area contributed by atoms with E-state index in [0.29, 0.717) is 47.0 Å². The largest absolute Gasteiger partial charge is 0.482 e. The summed E-state index contributed by atoms with van der Waals surface area (Å²) in [6.45, 7) is 0.321. The fourth-order valence-corrected chi connectivity index (χ4v) is 7.58. The first kappa shape index (κ1) is 29.3. The van der Waals surface area contributed by atoms with Gasteiger partial charge in [-0.3, -0.25) is 9.59 Å². The molecule has 42 heavy (non-hydrogen) atoms. The summed E-state index contributed by atoms with van der Waals surface area (Å²) >= 11 is 2.17. The molecule has 1 aliphatic heterocycles. The van der Waals surface area contributed by atoms with Gasteiger partial charge in [-0.05, 0) is 95.5 Å². The Morgan fingerprint density at radius 1 is 1.10 bits per heavy atom. The van der Waals surface area contributed by atoms with E-state index in [4.69, 9.17) is 14.2 Å². The number of nitrogens with one attached hydrogen (secondary N) is 1. The number of ether oxygens (including phenoxy) is 3. The number of hydrogen-bond acceptors (Lipinski definition) is 7. The van der Waals surface area contributed by atoms with Crippen LogP contribution in [0, 0.1) is 21.3 Å². The van der Waals surface area contributed by atoms with Gasteiger partial charge in [0.25, 0.3) is 0 Å². The van der Waals surface area contributed by atoms with Crippen LogP contribution in [0.3, 0.4) is 0 Å². The molecule has 4 aliphatic rings. The maximum absolute atomic E-state index is 14.2. The van der Waals surface area contributed by atoms with Gasteiger partial charge in [0, 0.05) is 31.5 Å². The second kappa shape index (κ2) is 12.8. The molecule has 0 aromatic heterocycles. The zero-order valence-corrected chi connectivity index (χ0v) is 25.6. The molecular formula is C32H37IN2O7. The van der Waals surface area contributed by atoms with Crippen molar-refractivity contribution < 1.29 is 34.0 Å². The summed E-state index contributed by atoms with van der Waals surface area (Å²) in [7, 11) is 0. The monoisotopic (exact) mass is 688 g/mol. The van der Waals surface area contributed by atoms with Crippen molar-refractivity contribution in [3.63, 3.8) is 0 Å². The zero-order chi connectivity index (χ0) is 29.2. The van der Waals surface area contributed by atoms with E-state index in [2.05, 4.69) is 27.9 Å². The van der Waals surface area contributed by atoms with Gasteiger partial charge < -0.3 is 34.6 Å². The molecule has 9 nitrogen and oxygen atoms in total.